The van der Waals surface area contributed by atoms with Gasteiger partial charge in [-0.2, -0.15) is 0 Å². The summed E-state index contributed by atoms with van der Waals surface area (Å²) in [5.74, 6) is 0. The first-order chi connectivity index (χ1) is 7.63. The monoisotopic (exact) mass is 337 g/mol. The lowest BCUT2D eigenvalue weighted by atomic mass is 10.2. The van der Waals surface area contributed by atoms with Gasteiger partial charge in [0.25, 0.3) is 0 Å². The van der Waals surface area contributed by atoms with Crippen LogP contribution in [0.1, 0.15) is 38.2 Å². The minimum atomic E-state index is -1.87. The predicted molar refractivity (Wildman–Crippen MR) is 73.5 cm³/mol. The van der Waals surface area contributed by atoms with Crippen molar-refractivity contribution in [3.63, 3.8) is 0 Å². The van der Waals surface area contributed by atoms with E-state index in [9.17, 15) is 0 Å². The summed E-state index contributed by atoms with van der Waals surface area (Å²) in [6.07, 6.45) is 0.601. The molecular formula is C9H12Cl5N3. The molecule has 1 heterocycles. The lowest BCUT2D eigenvalue weighted by molar-refractivity contribution is 0.485. The molecule has 0 N–H and O–H groups in total. The van der Waals surface area contributed by atoms with Crippen LogP contribution in [0.25, 0.3) is 0 Å². The zero-order chi connectivity index (χ0) is 13.4. The molecule has 0 saturated heterocycles. The summed E-state index contributed by atoms with van der Waals surface area (Å²) in [7, 11) is 0. The van der Waals surface area contributed by atoms with Gasteiger partial charge in [-0.05, 0) is 20.3 Å². The van der Waals surface area contributed by atoms with Gasteiger partial charge in [0.05, 0.1) is 5.69 Å². The van der Waals surface area contributed by atoms with Gasteiger partial charge in [-0.25, -0.2) is 4.68 Å². The molecule has 98 valence electrons. The van der Waals surface area contributed by atoms with Crippen LogP contribution in [0.2, 0.25) is 0 Å². The van der Waals surface area contributed by atoms with Crippen molar-refractivity contribution in [3.8, 4) is 0 Å². The van der Waals surface area contributed by atoms with Crippen LogP contribution in [-0.4, -0.2) is 18.8 Å². The van der Waals surface area contributed by atoms with Crippen molar-refractivity contribution in [2.45, 2.75) is 41.4 Å². The zero-order valence-corrected chi connectivity index (χ0v) is 13.3. The van der Waals surface area contributed by atoms with Crippen molar-refractivity contribution < 1.29 is 0 Å². The van der Waals surface area contributed by atoms with Gasteiger partial charge in [0.1, 0.15) is 5.69 Å². The van der Waals surface area contributed by atoms with Crippen LogP contribution in [0.3, 0.4) is 0 Å². The van der Waals surface area contributed by atoms with E-state index >= 15 is 0 Å². The molecule has 0 saturated carbocycles. The number of aromatic nitrogens is 3. The fourth-order valence-corrected chi connectivity index (χ4v) is 2.05. The van der Waals surface area contributed by atoms with Crippen LogP contribution >= 0.6 is 58.0 Å². The molecule has 0 unspecified atom stereocenters. The molecule has 0 fully saturated rings. The van der Waals surface area contributed by atoms with E-state index in [4.69, 9.17) is 58.0 Å². The first kappa shape index (κ1) is 15.6. The smallest absolute Gasteiger partial charge is 0.228 e. The van der Waals surface area contributed by atoms with Gasteiger partial charge < -0.3 is 0 Å². The maximum Gasteiger partial charge on any atom is 0.228 e. The second-order valence-electron chi connectivity index (χ2n) is 3.85. The van der Waals surface area contributed by atoms with Gasteiger partial charge in [-0.3, -0.25) is 0 Å². The molecule has 1 aromatic heterocycles. The van der Waals surface area contributed by atoms with Crippen molar-refractivity contribution in [2.24, 2.45) is 0 Å². The molecule has 0 aromatic carbocycles. The largest absolute Gasteiger partial charge is 0.243 e. The van der Waals surface area contributed by atoms with Crippen molar-refractivity contribution in [3.05, 3.63) is 11.4 Å². The summed E-state index contributed by atoms with van der Waals surface area (Å²) in [6, 6.07) is 0.0158. The van der Waals surface area contributed by atoms with Gasteiger partial charge in [0.2, 0.25) is 8.13 Å². The van der Waals surface area contributed by atoms with Crippen molar-refractivity contribution >= 4 is 58.0 Å². The molecule has 1 rings (SSSR count). The molecule has 8 heteroatoms. The number of aryl methyl sites for hydroxylation is 1. The van der Waals surface area contributed by atoms with E-state index in [0.717, 1.165) is 0 Å². The SMILES string of the molecule is CCc1nnn(C(C)C)c1C(Cl)(Cl)C(Cl)(Cl)Cl. The van der Waals surface area contributed by atoms with Gasteiger partial charge in [0.15, 0.2) is 0 Å². The third-order valence-corrected chi connectivity index (χ3v) is 4.60. The number of alkyl halides is 5. The number of nitrogens with zero attached hydrogens (tertiary/aromatic N) is 3. The van der Waals surface area contributed by atoms with E-state index in [0.29, 0.717) is 17.8 Å². The minimum Gasteiger partial charge on any atom is -0.243 e. The molecule has 0 aliphatic rings. The summed E-state index contributed by atoms with van der Waals surface area (Å²) in [6.45, 7) is 5.74. The van der Waals surface area contributed by atoms with Crippen molar-refractivity contribution in [1.29, 1.82) is 0 Å². The molecule has 0 bridgehead atoms. The Morgan fingerprint density at radius 2 is 1.71 bits per heavy atom. The maximum atomic E-state index is 6.18. The van der Waals surface area contributed by atoms with Crippen LogP contribution in [0.4, 0.5) is 0 Å². The van der Waals surface area contributed by atoms with Crippen LogP contribution in [0.5, 0.6) is 0 Å². The maximum absolute atomic E-state index is 6.18. The van der Waals surface area contributed by atoms with E-state index < -0.39 is 8.13 Å². The van der Waals surface area contributed by atoms with E-state index in [1.165, 1.54) is 0 Å². The summed E-state index contributed by atoms with van der Waals surface area (Å²) < 4.78 is -1.99. The minimum absolute atomic E-state index is 0.0158. The topological polar surface area (TPSA) is 30.7 Å². The lowest BCUT2D eigenvalue weighted by Crippen LogP contribution is -2.32. The highest BCUT2D eigenvalue weighted by Crippen LogP contribution is 2.53. The Bertz CT molecular complexity index is 394. The van der Waals surface area contributed by atoms with Gasteiger partial charge in [-0.1, -0.05) is 70.1 Å². The van der Waals surface area contributed by atoms with E-state index in [1.807, 2.05) is 20.8 Å². The molecule has 0 amide bonds. The Morgan fingerprint density at radius 1 is 1.18 bits per heavy atom. The van der Waals surface area contributed by atoms with Crippen LogP contribution in [-0.2, 0) is 10.8 Å². The number of rotatable bonds is 3. The lowest BCUT2D eigenvalue weighted by Gasteiger charge is -2.29. The second kappa shape index (κ2) is 5.30. The fraction of sp³-hybridized carbons (Fsp3) is 0.778. The molecule has 0 atom stereocenters. The Labute approximate surface area is 125 Å². The predicted octanol–water partition coefficient (Wildman–Crippen LogP) is 4.42. The molecule has 3 nitrogen and oxygen atoms in total. The van der Waals surface area contributed by atoms with Crippen LogP contribution in [0.15, 0.2) is 0 Å². The highest BCUT2D eigenvalue weighted by molar-refractivity contribution is 6.75. The molecular weight excluding hydrogens is 327 g/mol. The van der Waals surface area contributed by atoms with Gasteiger partial charge in [0, 0.05) is 6.04 Å². The summed E-state index contributed by atoms with van der Waals surface area (Å²) in [4.78, 5) is 0. The standard InChI is InChI=1S/C9H12Cl5N3/c1-4-6-7(8(10,11)9(12,13)14)17(5(2)3)16-15-6/h5H,4H2,1-3H3. The Hall–Kier alpha value is 0.590. The third-order valence-electron chi connectivity index (χ3n) is 2.24. The number of hydrogen-bond acceptors (Lipinski definition) is 2. The quantitative estimate of drug-likeness (QED) is 0.763. The molecule has 0 spiro atoms. The second-order valence-corrected chi connectivity index (χ2v) is 7.46. The summed E-state index contributed by atoms with van der Waals surface area (Å²) in [5.41, 5.74) is 1.05. The van der Waals surface area contributed by atoms with E-state index in [2.05, 4.69) is 10.3 Å². The highest BCUT2D eigenvalue weighted by Gasteiger charge is 2.51. The van der Waals surface area contributed by atoms with Gasteiger partial charge in [-0.15, -0.1) is 5.10 Å². The zero-order valence-electron chi connectivity index (χ0n) is 9.52. The molecule has 0 aliphatic carbocycles. The highest BCUT2D eigenvalue weighted by atomic mass is 35.6. The normalized spacial score (nSPS) is 13.5. The van der Waals surface area contributed by atoms with Crippen LogP contribution in [0, 0.1) is 0 Å². The summed E-state index contributed by atoms with van der Waals surface area (Å²) >= 11 is 29.8. The number of hydrogen-bond donors (Lipinski definition) is 0. The number of halogens is 5. The summed E-state index contributed by atoms with van der Waals surface area (Å²) in [5, 5.41) is 7.99. The fourth-order valence-electron chi connectivity index (χ4n) is 1.39. The van der Waals surface area contributed by atoms with Gasteiger partial charge >= 0.3 is 0 Å². The molecule has 0 aliphatic heterocycles. The Balaban J connectivity index is 3.42. The average Bonchev–Trinajstić information content (AvgIpc) is 2.59. The first-order valence-electron chi connectivity index (χ1n) is 5.02. The van der Waals surface area contributed by atoms with E-state index in [1.54, 1.807) is 4.68 Å². The van der Waals surface area contributed by atoms with Crippen molar-refractivity contribution in [2.75, 3.05) is 0 Å². The Kier molecular flexibility index (Phi) is 4.88. The van der Waals surface area contributed by atoms with Crippen LogP contribution < -0.4 is 0 Å². The molecule has 17 heavy (non-hydrogen) atoms. The van der Waals surface area contributed by atoms with Crippen molar-refractivity contribution in [1.82, 2.24) is 15.0 Å². The Morgan fingerprint density at radius 3 is 2.06 bits per heavy atom. The molecule has 0 radical (unpaired) electrons. The third kappa shape index (κ3) is 2.95. The average molecular weight is 339 g/mol. The first-order valence-corrected chi connectivity index (χ1v) is 6.91. The molecule has 1 aromatic rings. The van der Waals surface area contributed by atoms with E-state index in [-0.39, 0.29) is 6.04 Å².